The molecule has 0 aliphatic rings. The van der Waals surface area contributed by atoms with Crippen LogP contribution in [-0.2, 0) is 0 Å². The van der Waals surface area contributed by atoms with Crippen molar-refractivity contribution in [3.8, 4) is 5.75 Å². The lowest BCUT2D eigenvalue weighted by Gasteiger charge is -2.02. The summed E-state index contributed by atoms with van der Waals surface area (Å²) in [6, 6.07) is 8.62. The van der Waals surface area contributed by atoms with Crippen LogP contribution in [0.5, 0.6) is 5.75 Å². The fourth-order valence-electron chi connectivity index (χ4n) is 0.668. The minimum atomic E-state index is 0.691. The summed E-state index contributed by atoms with van der Waals surface area (Å²) >= 11 is 3.32. The Labute approximate surface area is 69.1 Å². The second-order valence-electron chi connectivity index (χ2n) is 1.78. The lowest BCUT2D eigenvalue weighted by atomic mass is 10.3. The van der Waals surface area contributed by atoms with Gasteiger partial charge in [-0.05, 0) is 28.9 Å². The highest BCUT2D eigenvalue weighted by Crippen LogP contribution is 2.22. The largest absolute Gasteiger partial charge is 0.493 e. The van der Waals surface area contributed by atoms with E-state index in [-0.39, 0.29) is 0 Å². The van der Waals surface area contributed by atoms with Gasteiger partial charge in [0.25, 0.3) is 0 Å². The molecule has 2 heteroatoms. The fourth-order valence-corrected chi connectivity index (χ4v) is 1.05. The zero-order valence-corrected chi connectivity index (χ0v) is 7.31. The van der Waals surface area contributed by atoms with Crippen LogP contribution in [0.2, 0.25) is 0 Å². The van der Waals surface area contributed by atoms with Crippen LogP contribution in [0.3, 0.4) is 0 Å². The lowest BCUT2D eigenvalue weighted by Crippen LogP contribution is -1.91. The van der Waals surface area contributed by atoms with Crippen molar-refractivity contribution in [3.63, 3.8) is 0 Å². The highest BCUT2D eigenvalue weighted by atomic mass is 79.9. The molecule has 1 rings (SSSR count). The Morgan fingerprint density at radius 1 is 1.70 bits per heavy atom. The average Bonchev–Trinajstić information content (AvgIpc) is 1.94. The van der Waals surface area contributed by atoms with Gasteiger partial charge in [-0.25, -0.2) is 0 Å². The molecule has 0 N–H and O–H groups in total. The molecular weight excluding hydrogens is 192 g/mol. The second-order valence-corrected chi connectivity index (χ2v) is 2.57. The Morgan fingerprint density at radius 3 is 3.10 bits per heavy atom. The van der Waals surface area contributed by atoms with E-state index in [1.165, 1.54) is 0 Å². The highest BCUT2D eigenvalue weighted by molar-refractivity contribution is 9.10. The fraction of sp³-hybridized carbons (Fsp3) is 0.250. The Morgan fingerprint density at radius 2 is 2.50 bits per heavy atom. The third-order valence-electron chi connectivity index (χ3n) is 1.07. The van der Waals surface area contributed by atoms with Gasteiger partial charge in [-0.2, -0.15) is 0 Å². The quantitative estimate of drug-likeness (QED) is 0.712. The molecule has 0 fully saturated rings. The first kappa shape index (κ1) is 7.61. The molecule has 1 aromatic rings. The Hall–Kier alpha value is -0.500. The van der Waals surface area contributed by atoms with E-state index in [1.54, 1.807) is 0 Å². The number of rotatable bonds is 2. The van der Waals surface area contributed by atoms with Crippen LogP contribution in [0.4, 0.5) is 0 Å². The molecule has 10 heavy (non-hydrogen) atoms. The van der Waals surface area contributed by atoms with Gasteiger partial charge >= 0.3 is 0 Å². The molecule has 0 amide bonds. The van der Waals surface area contributed by atoms with Crippen molar-refractivity contribution in [1.29, 1.82) is 0 Å². The van der Waals surface area contributed by atoms with Crippen LogP contribution < -0.4 is 4.74 Å². The van der Waals surface area contributed by atoms with Gasteiger partial charge in [0.05, 0.1) is 11.1 Å². The average molecular weight is 200 g/mol. The van der Waals surface area contributed by atoms with Crippen LogP contribution >= 0.6 is 15.9 Å². The van der Waals surface area contributed by atoms with E-state index in [9.17, 15) is 0 Å². The van der Waals surface area contributed by atoms with E-state index in [4.69, 9.17) is 4.74 Å². The summed E-state index contributed by atoms with van der Waals surface area (Å²) in [5, 5.41) is 0. The van der Waals surface area contributed by atoms with Gasteiger partial charge in [0.15, 0.2) is 0 Å². The minimum absolute atomic E-state index is 0.691. The first-order chi connectivity index (χ1) is 4.84. The Balaban J connectivity index is 2.81. The zero-order chi connectivity index (χ0) is 7.40. The van der Waals surface area contributed by atoms with Gasteiger partial charge in [0.2, 0.25) is 0 Å². The second kappa shape index (κ2) is 3.62. The summed E-state index contributed by atoms with van der Waals surface area (Å²) in [4.78, 5) is 0. The molecule has 0 bridgehead atoms. The maximum atomic E-state index is 5.26. The number of benzene rings is 1. The van der Waals surface area contributed by atoms with Crippen LogP contribution in [-0.4, -0.2) is 6.61 Å². The smallest absolute Gasteiger partial charge is 0.134 e. The molecule has 0 saturated carbocycles. The summed E-state index contributed by atoms with van der Waals surface area (Å²) in [5.74, 6) is 0.852. The van der Waals surface area contributed by atoms with E-state index < -0.39 is 0 Å². The van der Waals surface area contributed by atoms with E-state index in [0.29, 0.717) is 6.61 Å². The molecule has 0 spiro atoms. The van der Waals surface area contributed by atoms with Gasteiger partial charge < -0.3 is 4.74 Å². The van der Waals surface area contributed by atoms with Crippen LogP contribution in [0, 0.1) is 6.07 Å². The predicted octanol–water partition coefficient (Wildman–Crippen LogP) is 2.65. The van der Waals surface area contributed by atoms with Gasteiger partial charge in [-0.3, -0.25) is 0 Å². The summed E-state index contributed by atoms with van der Waals surface area (Å²) in [7, 11) is 0. The summed E-state index contributed by atoms with van der Waals surface area (Å²) < 4.78 is 6.14. The summed E-state index contributed by atoms with van der Waals surface area (Å²) in [5.41, 5.74) is 0. The van der Waals surface area contributed by atoms with E-state index in [1.807, 2.05) is 25.1 Å². The van der Waals surface area contributed by atoms with Gasteiger partial charge in [-0.1, -0.05) is 12.1 Å². The molecule has 1 nitrogen and oxygen atoms in total. The molecule has 0 aromatic heterocycles. The molecule has 53 valence electrons. The minimum Gasteiger partial charge on any atom is -0.493 e. The molecule has 0 aliphatic heterocycles. The number of hydrogen-bond donors (Lipinski definition) is 0. The molecule has 0 aliphatic carbocycles. The summed E-state index contributed by atoms with van der Waals surface area (Å²) in [6.07, 6.45) is 0. The van der Waals surface area contributed by atoms with E-state index in [0.717, 1.165) is 10.2 Å². The van der Waals surface area contributed by atoms with Crippen LogP contribution in [0.15, 0.2) is 22.7 Å². The normalized spacial score (nSPS) is 9.40. The first-order valence-electron chi connectivity index (χ1n) is 3.13. The number of hydrogen-bond acceptors (Lipinski definition) is 1. The lowest BCUT2D eigenvalue weighted by molar-refractivity contribution is 0.338. The number of ether oxygens (including phenoxy) is 1. The maximum absolute atomic E-state index is 5.26. The van der Waals surface area contributed by atoms with Crippen LogP contribution in [0.1, 0.15) is 6.92 Å². The molecule has 0 atom stereocenters. The van der Waals surface area contributed by atoms with Crippen molar-refractivity contribution >= 4 is 15.9 Å². The van der Waals surface area contributed by atoms with Crippen molar-refractivity contribution < 1.29 is 4.74 Å². The maximum Gasteiger partial charge on any atom is 0.134 e. The van der Waals surface area contributed by atoms with Gasteiger partial charge in [0.1, 0.15) is 5.75 Å². The van der Waals surface area contributed by atoms with Gasteiger partial charge in [0, 0.05) is 6.07 Å². The molecule has 1 radical (unpaired) electrons. The zero-order valence-electron chi connectivity index (χ0n) is 5.73. The van der Waals surface area contributed by atoms with E-state index >= 15 is 0 Å². The topological polar surface area (TPSA) is 9.23 Å². The molecule has 0 unspecified atom stereocenters. The first-order valence-corrected chi connectivity index (χ1v) is 3.93. The third-order valence-corrected chi connectivity index (χ3v) is 1.69. The summed E-state index contributed by atoms with van der Waals surface area (Å²) in [6.45, 7) is 2.65. The number of halogens is 1. The predicted molar refractivity (Wildman–Crippen MR) is 44.1 cm³/mol. The standard InChI is InChI=1S/C8H8BrO/c1-2-10-8-6-4-3-5-7(8)9/h3-4,6H,2H2,1H3. The van der Waals surface area contributed by atoms with Gasteiger partial charge in [-0.15, -0.1) is 0 Å². The van der Waals surface area contributed by atoms with Crippen molar-refractivity contribution in [2.24, 2.45) is 0 Å². The Kier molecular flexibility index (Phi) is 2.75. The molecule has 1 aromatic carbocycles. The Bertz CT molecular complexity index is 210. The van der Waals surface area contributed by atoms with E-state index in [2.05, 4.69) is 22.0 Å². The van der Waals surface area contributed by atoms with Crippen molar-refractivity contribution in [2.75, 3.05) is 6.61 Å². The van der Waals surface area contributed by atoms with Crippen molar-refractivity contribution in [1.82, 2.24) is 0 Å². The molecule has 0 saturated heterocycles. The SMILES string of the molecule is CCOc1ccc[c]c1Br. The van der Waals surface area contributed by atoms with Crippen molar-refractivity contribution in [2.45, 2.75) is 6.92 Å². The third kappa shape index (κ3) is 1.74. The highest BCUT2D eigenvalue weighted by Gasteiger charge is 1.95. The van der Waals surface area contributed by atoms with Crippen molar-refractivity contribution in [3.05, 3.63) is 28.7 Å². The van der Waals surface area contributed by atoms with Crippen LogP contribution in [0.25, 0.3) is 0 Å². The monoisotopic (exact) mass is 199 g/mol. The molecule has 0 heterocycles. The molecular formula is C8H8BrO.